The minimum absolute atomic E-state index is 0.0199. The number of aliphatic hydroxyl groups is 2. The van der Waals surface area contributed by atoms with E-state index in [0.717, 1.165) is 17.6 Å². The van der Waals surface area contributed by atoms with Crippen molar-refractivity contribution in [1.29, 1.82) is 0 Å². The Morgan fingerprint density at radius 1 is 1.29 bits per heavy atom. The Morgan fingerprint density at radius 2 is 1.92 bits per heavy atom. The van der Waals surface area contributed by atoms with E-state index >= 15 is 0 Å². The smallest absolute Gasteiger partial charge is 0.136 e. The molecule has 0 fully saturated rings. The van der Waals surface area contributed by atoms with Gasteiger partial charge in [-0.25, -0.2) is 0 Å². The minimum Gasteiger partial charge on any atom is -0.392 e. The van der Waals surface area contributed by atoms with Crippen molar-refractivity contribution in [3.63, 3.8) is 0 Å². The van der Waals surface area contributed by atoms with Crippen LogP contribution >= 0.6 is 0 Å². The van der Waals surface area contributed by atoms with E-state index in [-0.39, 0.29) is 12.0 Å². The van der Waals surface area contributed by atoms with Crippen LogP contribution in [-0.4, -0.2) is 22.9 Å². The topological polar surface area (TPSA) is 40.5 Å². The van der Waals surface area contributed by atoms with Crippen LogP contribution in [0.4, 0.5) is 0 Å². The highest BCUT2D eigenvalue weighted by Gasteiger charge is 2.27. The summed E-state index contributed by atoms with van der Waals surface area (Å²) in [7, 11) is 0. The van der Waals surface area contributed by atoms with Gasteiger partial charge in [0.05, 0.1) is 6.61 Å². The van der Waals surface area contributed by atoms with Gasteiger partial charge in [0.15, 0.2) is 0 Å². The van der Waals surface area contributed by atoms with E-state index < -0.39 is 6.10 Å². The molecule has 24 heavy (non-hydrogen) atoms. The molecule has 0 aromatic rings. The lowest BCUT2D eigenvalue weighted by atomic mass is 9.71. The van der Waals surface area contributed by atoms with Gasteiger partial charge >= 0.3 is 0 Å². The molecule has 0 radical (unpaired) electrons. The molecule has 0 heterocycles. The zero-order valence-corrected chi connectivity index (χ0v) is 16.1. The monoisotopic (exact) mass is 330 g/mol. The van der Waals surface area contributed by atoms with Crippen molar-refractivity contribution in [2.24, 2.45) is 5.41 Å². The number of allylic oxidation sites excluding steroid dienone is 4. The van der Waals surface area contributed by atoms with Crippen molar-refractivity contribution in [2.45, 2.75) is 66.4 Å². The van der Waals surface area contributed by atoms with Crippen molar-refractivity contribution in [3.8, 4) is 11.8 Å². The van der Waals surface area contributed by atoms with Gasteiger partial charge in [-0.1, -0.05) is 42.9 Å². The molecule has 1 unspecified atom stereocenters. The number of hydrogen-bond donors (Lipinski definition) is 2. The first-order valence-electron chi connectivity index (χ1n) is 8.61. The van der Waals surface area contributed by atoms with Crippen molar-refractivity contribution in [2.75, 3.05) is 6.61 Å². The van der Waals surface area contributed by atoms with Crippen molar-refractivity contribution in [1.82, 2.24) is 0 Å². The van der Waals surface area contributed by atoms with E-state index in [2.05, 4.69) is 51.8 Å². The van der Waals surface area contributed by atoms with Crippen molar-refractivity contribution >= 4 is 0 Å². The summed E-state index contributed by atoms with van der Waals surface area (Å²) in [5, 5.41) is 18.9. The van der Waals surface area contributed by atoms with E-state index in [1.54, 1.807) is 6.08 Å². The van der Waals surface area contributed by atoms with Crippen LogP contribution in [0, 0.1) is 17.3 Å². The van der Waals surface area contributed by atoms with E-state index in [4.69, 9.17) is 5.11 Å². The third-order valence-electron chi connectivity index (χ3n) is 4.55. The Labute approximate surface area is 148 Å². The molecule has 2 N–H and O–H groups in total. The van der Waals surface area contributed by atoms with Crippen LogP contribution in [0.5, 0.6) is 0 Å². The van der Waals surface area contributed by atoms with Crippen LogP contribution in [-0.2, 0) is 0 Å². The summed E-state index contributed by atoms with van der Waals surface area (Å²) in [6, 6.07) is 0. The fourth-order valence-corrected chi connectivity index (χ4v) is 2.98. The maximum Gasteiger partial charge on any atom is 0.136 e. The number of hydrogen-bond acceptors (Lipinski definition) is 2. The Morgan fingerprint density at radius 3 is 2.46 bits per heavy atom. The molecule has 1 rings (SSSR count). The lowest BCUT2D eigenvalue weighted by Crippen LogP contribution is -2.20. The molecule has 0 aromatic heterocycles. The molecule has 0 amide bonds. The Kier molecular flexibility index (Phi) is 10.4. The molecular formula is C22H34O2. The zero-order chi connectivity index (χ0) is 18.8. The van der Waals surface area contributed by atoms with Gasteiger partial charge in [-0.2, -0.15) is 0 Å². The quantitative estimate of drug-likeness (QED) is 0.565. The predicted octanol–water partition coefficient (Wildman–Crippen LogP) is 4.95. The maximum atomic E-state index is 10.1. The van der Waals surface area contributed by atoms with Gasteiger partial charge in [0.1, 0.15) is 6.10 Å². The second-order valence-corrected chi connectivity index (χ2v) is 6.89. The first-order chi connectivity index (χ1) is 11.3. The normalized spacial score (nSPS) is 19.0. The summed E-state index contributed by atoms with van der Waals surface area (Å²) < 4.78 is 0. The molecule has 0 bridgehead atoms. The lowest BCUT2D eigenvalue weighted by molar-refractivity contribution is 0.267. The van der Waals surface area contributed by atoms with E-state index in [0.29, 0.717) is 0 Å². The van der Waals surface area contributed by atoms with Crippen molar-refractivity contribution < 1.29 is 10.2 Å². The van der Waals surface area contributed by atoms with Gasteiger partial charge in [-0.05, 0) is 69.1 Å². The third kappa shape index (κ3) is 7.34. The lowest BCUT2D eigenvalue weighted by Gasteiger charge is -2.34. The van der Waals surface area contributed by atoms with E-state index in [1.165, 1.54) is 30.4 Å². The first kappa shape index (κ1) is 22.4. The highest BCUT2D eigenvalue weighted by Crippen LogP contribution is 2.42. The summed E-state index contributed by atoms with van der Waals surface area (Å²) in [6.07, 6.45) is 7.60. The van der Waals surface area contributed by atoms with Crippen LogP contribution in [0.2, 0.25) is 0 Å². The van der Waals surface area contributed by atoms with Gasteiger partial charge in [0.2, 0.25) is 0 Å². The second kappa shape index (κ2) is 11.1. The zero-order valence-electron chi connectivity index (χ0n) is 16.1. The summed E-state index contributed by atoms with van der Waals surface area (Å²) in [5.41, 5.74) is 4.94. The molecule has 0 aliphatic heterocycles. The highest BCUT2D eigenvalue weighted by molar-refractivity contribution is 5.32. The molecule has 2 nitrogen and oxygen atoms in total. The largest absolute Gasteiger partial charge is 0.392 e. The summed E-state index contributed by atoms with van der Waals surface area (Å²) >= 11 is 0. The highest BCUT2D eigenvalue weighted by atomic mass is 16.3. The van der Waals surface area contributed by atoms with Gasteiger partial charge < -0.3 is 10.2 Å². The minimum atomic E-state index is -0.741. The fourth-order valence-electron chi connectivity index (χ4n) is 2.98. The number of aliphatic hydroxyl groups excluding tert-OH is 2. The van der Waals surface area contributed by atoms with Gasteiger partial charge in [-0.15, -0.1) is 13.2 Å². The first-order valence-corrected chi connectivity index (χ1v) is 8.61. The molecule has 134 valence electrons. The van der Waals surface area contributed by atoms with Crippen LogP contribution in [0.15, 0.2) is 47.6 Å². The Balaban J connectivity index is 0.00000254. The fraction of sp³-hybridized carbons (Fsp3) is 0.545. The van der Waals surface area contributed by atoms with Crippen LogP contribution < -0.4 is 0 Å². The van der Waals surface area contributed by atoms with Crippen LogP contribution in [0.3, 0.4) is 0 Å². The van der Waals surface area contributed by atoms with Crippen molar-refractivity contribution in [3.05, 3.63) is 47.6 Å². The molecule has 1 atom stereocenters. The Bertz CT molecular complexity index is 550. The molecule has 0 saturated heterocycles. The molecule has 1 aliphatic carbocycles. The average molecular weight is 331 g/mol. The van der Waals surface area contributed by atoms with Gasteiger partial charge in [0.25, 0.3) is 0 Å². The molecule has 1 aliphatic rings. The standard InChI is InChI=1S/C20H30O2.C2H4/c1-15(12-14-21)8-11-19(22)17(3)9-10-18-16(2)7-6-13-20(18,4)5;1-2/h9,12,19,21-22H,6-7,10,13-14H2,1-5H3;1-2H2/b15-12+,17-9+;. The molecule has 0 spiro atoms. The predicted molar refractivity (Wildman–Crippen MR) is 105 cm³/mol. The van der Waals surface area contributed by atoms with E-state index in [1.807, 2.05) is 13.8 Å². The van der Waals surface area contributed by atoms with Gasteiger partial charge in [-0.3, -0.25) is 0 Å². The average Bonchev–Trinajstić information content (AvgIpc) is 2.53. The number of rotatable bonds is 4. The molecule has 0 aromatic carbocycles. The van der Waals surface area contributed by atoms with Gasteiger partial charge in [0, 0.05) is 0 Å². The molecule has 2 heteroatoms. The summed E-state index contributed by atoms with van der Waals surface area (Å²) in [4.78, 5) is 0. The second-order valence-electron chi connectivity index (χ2n) is 6.89. The van der Waals surface area contributed by atoms with E-state index in [9.17, 15) is 5.11 Å². The third-order valence-corrected chi connectivity index (χ3v) is 4.55. The summed E-state index contributed by atoms with van der Waals surface area (Å²) in [6.45, 7) is 16.6. The summed E-state index contributed by atoms with van der Waals surface area (Å²) in [5.74, 6) is 5.70. The SMILES string of the molecule is C=C.CC1=C(C/C=C(\C)C(O)C#C/C(C)=C/CO)C(C)(C)CCC1. The maximum absolute atomic E-state index is 10.1. The Hall–Kier alpha value is -1.56. The van der Waals surface area contributed by atoms with Crippen LogP contribution in [0.25, 0.3) is 0 Å². The molecular weight excluding hydrogens is 296 g/mol. The van der Waals surface area contributed by atoms with Crippen LogP contribution in [0.1, 0.15) is 60.3 Å². The molecule has 0 saturated carbocycles.